The lowest BCUT2D eigenvalue weighted by molar-refractivity contribution is 0.279. The molecule has 0 amide bonds. The minimum atomic E-state index is 0.0429. The van der Waals surface area contributed by atoms with Crippen molar-refractivity contribution in [1.29, 1.82) is 0 Å². The Bertz CT molecular complexity index is 501. The van der Waals surface area contributed by atoms with Crippen molar-refractivity contribution in [1.82, 2.24) is 15.0 Å². The average molecular weight is 247 g/mol. The number of aromatic amines is 1. The number of aliphatic hydroxyl groups excluding tert-OH is 1. The summed E-state index contributed by atoms with van der Waals surface area (Å²) in [5, 5.41) is 9.53. The normalized spacial score (nSPS) is 11.6. The van der Waals surface area contributed by atoms with Gasteiger partial charge in [-0.2, -0.15) is 0 Å². The first-order valence-electron chi connectivity index (χ1n) is 6.73. The number of fused-ring (bicyclic) bond motifs is 1. The van der Waals surface area contributed by atoms with Gasteiger partial charge in [-0.3, -0.25) is 0 Å². The number of aliphatic hydroxyl groups is 1. The molecule has 4 nitrogen and oxygen atoms in total. The monoisotopic (exact) mass is 247 g/mol. The van der Waals surface area contributed by atoms with Crippen molar-refractivity contribution in [2.75, 3.05) is 0 Å². The minimum absolute atomic E-state index is 0.0429. The molecule has 4 heteroatoms. The van der Waals surface area contributed by atoms with Gasteiger partial charge >= 0.3 is 0 Å². The lowest BCUT2D eigenvalue weighted by Crippen LogP contribution is -2.05. The number of hydrogen-bond acceptors (Lipinski definition) is 3. The zero-order valence-corrected chi connectivity index (χ0v) is 11.1. The molecular formula is C14H21N3O. The number of H-pyrrole nitrogens is 1. The van der Waals surface area contributed by atoms with Crippen molar-refractivity contribution in [2.24, 2.45) is 0 Å². The van der Waals surface area contributed by atoms with E-state index in [1.165, 1.54) is 5.56 Å². The zero-order chi connectivity index (χ0) is 13.0. The second kappa shape index (κ2) is 5.96. The van der Waals surface area contributed by atoms with Gasteiger partial charge in [0.05, 0.1) is 18.5 Å². The molecule has 0 atom stereocenters. The Balaban J connectivity index is 2.52. The smallest absolute Gasteiger partial charge is 0.177 e. The van der Waals surface area contributed by atoms with Gasteiger partial charge in [0.25, 0.3) is 0 Å². The second-order valence-corrected chi connectivity index (χ2v) is 4.73. The molecule has 0 aliphatic heterocycles. The molecule has 18 heavy (non-hydrogen) atoms. The Morgan fingerprint density at radius 2 is 1.94 bits per heavy atom. The molecule has 0 bridgehead atoms. The van der Waals surface area contributed by atoms with Crippen LogP contribution in [0.5, 0.6) is 0 Å². The summed E-state index contributed by atoms with van der Waals surface area (Å²) in [6.45, 7) is 4.44. The van der Waals surface area contributed by atoms with Crippen molar-refractivity contribution in [3.05, 3.63) is 23.7 Å². The van der Waals surface area contributed by atoms with E-state index >= 15 is 0 Å². The molecule has 0 spiro atoms. The lowest BCUT2D eigenvalue weighted by Gasteiger charge is -2.19. The highest BCUT2D eigenvalue weighted by Gasteiger charge is 2.18. The van der Waals surface area contributed by atoms with Gasteiger partial charge in [0.1, 0.15) is 0 Å². The molecule has 0 radical (unpaired) electrons. The van der Waals surface area contributed by atoms with Crippen LogP contribution in [0.4, 0.5) is 0 Å². The molecule has 2 aromatic rings. The molecule has 2 N–H and O–H groups in total. The van der Waals surface area contributed by atoms with Crippen LogP contribution < -0.4 is 0 Å². The Morgan fingerprint density at radius 3 is 2.56 bits per heavy atom. The topological polar surface area (TPSA) is 61.8 Å². The van der Waals surface area contributed by atoms with Crippen LogP contribution in [-0.4, -0.2) is 20.1 Å². The summed E-state index contributed by atoms with van der Waals surface area (Å²) in [5.74, 6) is 0.480. The van der Waals surface area contributed by atoms with Crippen LogP contribution in [0.2, 0.25) is 0 Å². The highest BCUT2D eigenvalue weighted by Crippen LogP contribution is 2.32. The fourth-order valence-corrected chi connectivity index (χ4v) is 2.67. The number of hydrogen-bond donors (Lipinski definition) is 2. The van der Waals surface area contributed by atoms with E-state index in [4.69, 9.17) is 0 Å². The molecule has 0 aliphatic rings. The van der Waals surface area contributed by atoms with E-state index in [-0.39, 0.29) is 6.61 Å². The maximum atomic E-state index is 9.53. The van der Waals surface area contributed by atoms with Gasteiger partial charge in [0, 0.05) is 11.8 Å². The maximum absolute atomic E-state index is 9.53. The molecular weight excluding hydrogens is 226 g/mol. The van der Waals surface area contributed by atoms with Crippen molar-refractivity contribution in [2.45, 2.75) is 52.1 Å². The van der Waals surface area contributed by atoms with Crippen molar-refractivity contribution >= 4 is 11.2 Å². The largest absolute Gasteiger partial charge is 0.392 e. The van der Waals surface area contributed by atoms with E-state index in [0.29, 0.717) is 5.92 Å². The van der Waals surface area contributed by atoms with E-state index in [9.17, 15) is 5.11 Å². The molecule has 2 aromatic heterocycles. The summed E-state index contributed by atoms with van der Waals surface area (Å²) in [6.07, 6.45) is 8.01. The van der Waals surface area contributed by atoms with Crippen molar-refractivity contribution in [3.8, 4) is 0 Å². The Kier molecular flexibility index (Phi) is 4.31. The van der Waals surface area contributed by atoms with E-state index in [1.807, 2.05) is 0 Å². The van der Waals surface area contributed by atoms with E-state index in [2.05, 4.69) is 28.8 Å². The predicted molar refractivity (Wildman–Crippen MR) is 72.4 cm³/mol. The van der Waals surface area contributed by atoms with Crippen LogP contribution >= 0.6 is 0 Å². The molecule has 0 unspecified atom stereocenters. The number of imidazole rings is 1. The molecule has 0 fully saturated rings. The Hall–Kier alpha value is -1.42. The van der Waals surface area contributed by atoms with E-state index in [0.717, 1.165) is 42.4 Å². The van der Waals surface area contributed by atoms with Crippen LogP contribution in [-0.2, 0) is 6.61 Å². The predicted octanol–water partition coefficient (Wildman–Crippen LogP) is 3.13. The zero-order valence-electron chi connectivity index (χ0n) is 11.1. The first kappa shape index (κ1) is 13.0. The first-order chi connectivity index (χ1) is 8.81. The maximum Gasteiger partial charge on any atom is 0.177 e. The number of pyridine rings is 1. The molecule has 2 heterocycles. The molecule has 98 valence electrons. The molecule has 0 aromatic carbocycles. The highest BCUT2D eigenvalue weighted by atomic mass is 16.3. The summed E-state index contributed by atoms with van der Waals surface area (Å²) >= 11 is 0. The molecule has 0 saturated carbocycles. The fraction of sp³-hybridized carbons (Fsp3) is 0.571. The van der Waals surface area contributed by atoms with Crippen molar-refractivity contribution in [3.63, 3.8) is 0 Å². The third kappa shape index (κ3) is 2.38. The summed E-state index contributed by atoms with van der Waals surface area (Å²) in [7, 11) is 0. The minimum Gasteiger partial charge on any atom is -0.392 e. The quantitative estimate of drug-likeness (QED) is 0.824. The van der Waals surface area contributed by atoms with Crippen molar-refractivity contribution < 1.29 is 5.11 Å². The third-order valence-corrected chi connectivity index (χ3v) is 3.43. The van der Waals surface area contributed by atoms with Gasteiger partial charge in [-0.25, -0.2) is 9.97 Å². The van der Waals surface area contributed by atoms with Gasteiger partial charge in [0.15, 0.2) is 5.65 Å². The Morgan fingerprint density at radius 1 is 1.22 bits per heavy atom. The summed E-state index contributed by atoms with van der Waals surface area (Å²) in [6, 6.07) is 0. The molecule has 2 rings (SSSR count). The van der Waals surface area contributed by atoms with Gasteiger partial charge < -0.3 is 10.1 Å². The van der Waals surface area contributed by atoms with Crippen LogP contribution in [0.1, 0.15) is 56.6 Å². The summed E-state index contributed by atoms with van der Waals surface area (Å²) in [4.78, 5) is 11.7. The van der Waals surface area contributed by atoms with E-state index < -0.39 is 0 Å². The standard InChI is InChI=1S/C14H21N3O/c1-3-5-10(6-4-2)12-11(8-18)7-15-14-13(12)16-9-17-14/h7,9-10,18H,3-6,8H2,1-2H3,(H,15,16,17). The summed E-state index contributed by atoms with van der Waals surface area (Å²) < 4.78 is 0. The van der Waals surface area contributed by atoms with Crippen LogP contribution in [0.15, 0.2) is 12.5 Å². The average Bonchev–Trinajstić information content (AvgIpc) is 2.85. The van der Waals surface area contributed by atoms with Gasteiger partial charge in [-0.15, -0.1) is 0 Å². The third-order valence-electron chi connectivity index (χ3n) is 3.43. The summed E-state index contributed by atoms with van der Waals surface area (Å²) in [5.41, 5.74) is 3.88. The first-order valence-corrected chi connectivity index (χ1v) is 6.73. The molecule has 0 saturated heterocycles. The highest BCUT2D eigenvalue weighted by molar-refractivity contribution is 5.76. The lowest BCUT2D eigenvalue weighted by atomic mass is 9.87. The van der Waals surface area contributed by atoms with Crippen LogP contribution in [0.3, 0.4) is 0 Å². The van der Waals surface area contributed by atoms with Gasteiger partial charge in [0.2, 0.25) is 0 Å². The Labute approximate surface area is 107 Å². The fourth-order valence-electron chi connectivity index (χ4n) is 2.67. The van der Waals surface area contributed by atoms with Crippen LogP contribution in [0, 0.1) is 0 Å². The number of nitrogens with zero attached hydrogens (tertiary/aromatic N) is 2. The molecule has 0 aliphatic carbocycles. The number of rotatable bonds is 6. The van der Waals surface area contributed by atoms with E-state index in [1.54, 1.807) is 12.5 Å². The van der Waals surface area contributed by atoms with Crippen LogP contribution in [0.25, 0.3) is 11.2 Å². The number of nitrogens with one attached hydrogen (secondary N) is 1. The second-order valence-electron chi connectivity index (χ2n) is 4.73. The number of aromatic nitrogens is 3. The van der Waals surface area contributed by atoms with Gasteiger partial charge in [-0.1, -0.05) is 26.7 Å². The van der Waals surface area contributed by atoms with Gasteiger partial charge in [-0.05, 0) is 24.3 Å². The SMILES string of the molecule is CCCC(CCC)c1c(CO)cnc2nc[nH]c12.